The van der Waals surface area contributed by atoms with Crippen molar-refractivity contribution in [1.29, 1.82) is 0 Å². The van der Waals surface area contributed by atoms with Gasteiger partial charge in [0.1, 0.15) is 13.2 Å². The lowest BCUT2D eigenvalue weighted by Gasteiger charge is -2.52. The van der Waals surface area contributed by atoms with Gasteiger partial charge in [0, 0.05) is 51.2 Å². The molecule has 2 saturated heterocycles. The van der Waals surface area contributed by atoms with Crippen LogP contribution in [0, 0.1) is 0 Å². The molecule has 3 aliphatic rings. The fraction of sp³-hybridized carbons (Fsp3) is 0.500. The van der Waals surface area contributed by atoms with E-state index >= 15 is 0 Å². The van der Waals surface area contributed by atoms with Crippen molar-refractivity contribution in [2.45, 2.75) is 35.9 Å². The van der Waals surface area contributed by atoms with Crippen molar-refractivity contribution in [1.82, 2.24) is 14.2 Å². The number of fused-ring (bicyclic) bond motifs is 1. The van der Waals surface area contributed by atoms with Crippen molar-refractivity contribution in [3.8, 4) is 11.5 Å². The molecule has 0 aliphatic carbocycles. The third-order valence-corrected chi connectivity index (χ3v) is 8.39. The van der Waals surface area contributed by atoms with Gasteiger partial charge in [-0.25, -0.2) is 8.42 Å². The summed E-state index contributed by atoms with van der Waals surface area (Å²) in [6.07, 6.45) is 5.35. The number of sulfonamides is 1. The lowest BCUT2D eigenvalue weighted by atomic mass is 9.87. The van der Waals surface area contributed by atoms with Gasteiger partial charge in [-0.05, 0) is 42.7 Å². The Labute approximate surface area is 182 Å². The van der Waals surface area contributed by atoms with E-state index in [1.807, 2.05) is 12.1 Å². The van der Waals surface area contributed by atoms with E-state index < -0.39 is 10.0 Å². The van der Waals surface area contributed by atoms with Crippen LogP contribution in [0.1, 0.15) is 24.4 Å². The minimum Gasteiger partial charge on any atom is -0.486 e. The predicted molar refractivity (Wildman–Crippen MR) is 114 cm³/mol. The van der Waals surface area contributed by atoms with Crippen LogP contribution in [0.15, 0.2) is 47.6 Å². The summed E-state index contributed by atoms with van der Waals surface area (Å²) in [5.74, 6) is 1.09. The highest BCUT2D eigenvalue weighted by Crippen LogP contribution is 2.40. The molecular weight excluding hydrogens is 418 g/mol. The lowest BCUT2D eigenvalue weighted by Crippen LogP contribution is -2.60. The molecule has 0 N–H and O–H groups in total. The highest BCUT2D eigenvalue weighted by Gasteiger charge is 2.45. The van der Waals surface area contributed by atoms with E-state index in [0.29, 0.717) is 43.8 Å². The smallest absolute Gasteiger partial charge is 0.243 e. The largest absolute Gasteiger partial charge is 0.486 e. The quantitative estimate of drug-likeness (QED) is 0.697. The molecule has 5 rings (SSSR count). The molecule has 0 saturated carbocycles. The summed E-state index contributed by atoms with van der Waals surface area (Å²) in [4.78, 5) is 6.82. The molecule has 1 aromatic carbocycles. The zero-order valence-electron chi connectivity index (χ0n) is 17.5. The van der Waals surface area contributed by atoms with E-state index in [1.54, 1.807) is 42.0 Å². The van der Waals surface area contributed by atoms with E-state index in [4.69, 9.17) is 14.2 Å². The Hall–Kier alpha value is -2.20. The molecule has 2 atom stereocenters. The third-order valence-electron chi connectivity index (χ3n) is 6.49. The minimum absolute atomic E-state index is 0.155. The van der Waals surface area contributed by atoms with Crippen molar-refractivity contribution in [3.63, 3.8) is 0 Å². The van der Waals surface area contributed by atoms with E-state index in [2.05, 4.69) is 9.88 Å². The Balaban J connectivity index is 1.27. The number of hydrogen-bond donors (Lipinski definition) is 0. The number of nitrogens with zero attached hydrogens (tertiary/aromatic N) is 3. The summed E-state index contributed by atoms with van der Waals surface area (Å²) >= 11 is 0. The van der Waals surface area contributed by atoms with Crippen LogP contribution in [0.4, 0.5) is 0 Å². The Kier molecular flexibility index (Phi) is 5.60. The van der Waals surface area contributed by atoms with Crippen LogP contribution in [0.5, 0.6) is 11.5 Å². The molecule has 0 amide bonds. The van der Waals surface area contributed by atoms with E-state index in [9.17, 15) is 8.42 Å². The standard InChI is InChI=1S/C22H27N3O5S/c1-28-21-15-25(22(21)16-4-8-23-9-5-16)17-6-10-24(11-7-17)31(26,27)18-2-3-19-20(14-18)30-13-12-29-19/h2-5,8-9,14,17,21-22H,6-7,10-13,15H2,1H3/t21-,22-/m0/s1. The predicted octanol–water partition coefficient (Wildman–Crippen LogP) is 2.08. The van der Waals surface area contributed by atoms with Crippen molar-refractivity contribution < 1.29 is 22.6 Å². The summed E-state index contributed by atoms with van der Waals surface area (Å²) in [7, 11) is -1.82. The maximum absolute atomic E-state index is 13.2. The van der Waals surface area contributed by atoms with Crippen molar-refractivity contribution >= 4 is 10.0 Å². The van der Waals surface area contributed by atoms with Crippen LogP contribution in [0.3, 0.4) is 0 Å². The second-order valence-corrected chi connectivity index (χ2v) is 10.1. The first-order chi connectivity index (χ1) is 15.1. The Bertz CT molecular complexity index is 1020. The number of likely N-dealkylation sites (tertiary alicyclic amines) is 1. The average Bonchev–Trinajstić information content (AvgIpc) is 2.79. The van der Waals surface area contributed by atoms with Crippen LogP contribution >= 0.6 is 0 Å². The maximum Gasteiger partial charge on any atom is 0.243 e. The van der Waals surface area contributed by atoms with Gasteiger partial charge in [-0.3, -0.25) is 9.88 Å². The number of methoxy groups -OCH3 is 1. The van der Waals surface area contributed by atoms with Gasteiger partial charge in [-0.1, -0.05) is 0 Å². The number of hydrogen-bond acceptors (Lipinski definition) is 7. The molecule has 0 bridgehead atoms. The zero-order chi connectivity index (χ0) is 21.4. The lowest BCUT2D eigenvalue weighted by molar-refractivity contribution is -0.114. The first-order valence-corrected chi connectivity index (χ1v) is 12.1. The molecule has 3 aliphatic heterocycles. The molecule has 0 radical (unpaired) electrons. The van der Waals surface area contributed by atoms with Crippen LogP contribution in [-0.2, 0) is 14.8 Å². The molecule has 4 heterocycles. The van der Waals surface area contributed by atoms with Crippen LogP contribution in [0.2, 0.25) is 0 Å². The van der Waals surface area contributed by atoms with Gasteiger partial charge in [0.2, 0.25) is 10.0 Å². The Morgan fingerprint density at radius 1 is 1.03 bits per heavy atom. The minimum atomic E-state index is -3.57. The van der Waals surface area contributed by atoms with Crippen LogP contribution in [-0.4, -0.2) is 74.7 Å². The number of piperidine rings is 1. The van der Waals surface area contributed by atoms with Gasteiger partial charge in [0.05, 0.1) is 17.0 Å². The van der Waals surface area contributed by atoms with Crippen molar-refractivity contribution in [2.75, 3.05) is 40.0 Å². The first-order valence-electron chi connectivity index (χ1n) is 10.7. The third kappa shape index (κ3) is 3.80. The number of benzene rings is 1. The SMILES string of the molecule is CO[C@H]1CN(C2CCN(S(=O)(=O)c3ccc4c(c3)OCCO4)CC2)[C@H]1c1ccncc1. The highest BCUT2D eigenvalue weighted by atomic mass is 32.2. The van der Waals surface area contributed by atoms with Crippen LogP contribution in [0.25, 0.3) is 0 Å². The average molecular weight is 446 g/mol. The normalized spacial score (nSPS) is 25.2. The summed E-state index contributed by atoms with van der Waals surface area (Å²) in [6, 6.07) is 9.45. The van der Waals surface area contributed by atoms with E-state index in [0.717, 1.165) is 19.4 Å². The van der Waals surface area contributed by atoms with Crippen LogP contribution < -0.4 is 9.47 Å². The molecule has 8 nitrogen and oxygen atoms in total. The van der Waals surface area contributed by atoms with Gasteiger partial charge < -0.3 is 14.2 Å². The monoisotopic (exact) mass is 445 g/mol. The topological polar surface area (TPSA) is 81.2 Å². The number of ether oxygens (including phenoxy) is 3. The molecule has 0 unspecified atom stereocenters. The molecule has 2 fully saturated rings. The second kappa shape index (κ2) is 8.38. The maximum atomic E-state index is 13.2. The van der Waals surface area contributed by atoms with E-state index in [1.165, 1.54) is 5.56 Å². The molecule has 9 heteroatoms. The fourth-order valence-electron chi connectivity index (χ4n) is 4.79. The fourth-order valence-corrected chi connectivity index (χ4v) is 6.28. The molecule has 0 spiro atoms. The van der Waals surface area contributed by atoms with Crippen molar-refractivity contribution in [2.24, 2.45) is 0 Å². The molecular formula is C22H27N3O5S. The number of pyridine rings is 1. The van der Waals surface area contributed by atoms with Crippen molar-refractivity contribution in [3.05, 3.63) is 48.3 Å². The van der Waals surface area contributed by atoms with E-state index in [-0.39, 0.29) is 17.0 Å². The number of aromatic nitrogens is 1. The van der Waals surface area contributed by atoms with Gasteiger partial charge >= 0.3 is 0 Å². The summed E-state index contributed by atoms with van der Waals surface area (Å²) in [5, 5.41) is 0. The van der Waals surface area contributed by atoms with Gasteiger partial charge in [-0.2, -0.15) is 4.31 Å². The Morgan fingerprint density at radius 3 is 2.45 bits per heavy atom. The molecule has 1 aromatic heterocycles. The van der Waals surface area contributed by atoms with Gasteiger partial charge in [0.15, 0.2) is 11.5 Å². The number of rotatable bonds is 5. The second-order valence-electron chi connectivity index (χ2n) is 8.14. The summed E-state index contributed by atoms with van der Waals surface area (Å²) < 4.78 is 44.7. The van der Waals surface area contributed by atoms with Gasteiger partial charge in [-0.15, -0.1) is 0 Å². The Morgan fingerprint density at radius 2 is 1.74 bits per heavy atom. The van der Waals surface area contributed by atoms with Gasteiger partial charge in [0.25, 0.3) is 0 Å². The zero-order valence-corrected chi connectivity index (χ0v) is 18.3. The molecule has 166 valence electrons. The highest BCUT2D eigenvalue weighted by molar-refractivity contribution is 7.89. The summed E-state index contributed by atoms with van der Waals surface area (Å²) in [6.45, 7) is 2.77. The molecule has 31 heavy (non-hydrogen) atoms. The molecule has 2 aromatic rings. The first kappa shape index (κ1) is 20.7. The summed E-state index contributed by atoms with van der Waals surface area (Å²) in [5.41, 5.74) is 1.19.